The monoisotopic (exact) mass is 442 g/mol. The molecule has 0 unspecified atom stereocenters. The molecule has 0 atom stereocenters. The quantitative estimate of drug-likeness (QED) is 0.214. The Morgan fingerprint density at radius 1 is 0.727 bits per heavy atom. The summed E-state index contributed by atoms with van der Waals surface area (Å²) in [6, 6.07) is 9.96. The van der Waals surface area contributed by atoms with Crippen LogP contribution < -0.4 is 0 Å². The number of hydrogen-bond acceptors (Lipinski definition) is 0. The second-order valence-corrected chi connectivity index (χ2v) is 10.6. The highest BCUT2D eigenvalue weighted by Gasteiger charge is 2.18. The van der Waals surface area contributed by atoms with E-state index >= 15 is 0 Å². The molecular formula is C33H46. The molecule has 0 aromatic heterocycles. The van der Waals surface area contributed by atoms with Crippen molar-refractivity contribution in [3.8, 4) is 0 Å². The first-order valence-electron chi connectivity index (χ1n) is 12.9. The van der Waals surface area contributed by atoms with Crippen molar-refractivity contribution in [2.24, 2.45) is 0 Å². The molecular weight excluding hydrogens is 396 g/mol. The smallest absolute Gasteiger partial charge is 0.0132 e. The van der Waals surface area contributed by atoms with Gasteiger partial charge in [-0.3, -0.25) is 0 Å². The summed E-state index contributed by atoms with van der Waals surface area (Å²) in [5, 5.41) is 2.97. The fraction of sp³-hybridized carbons (Fsp3) is 0.455. The normalized spacial score (nSPS) is 12.4. The number of aryl methyl sites for hydroxylation is 2. The highest BCUT2D eigenvalue weighted by Crippen LogP contribution is 2.34. The maximum atomic E-state index is 3.77. The van der Waals surface area contributed by atoms with Gasteiger partial charge in [-0.1, -0.05) is 108 Å². The van der Waals surface area contributed by atoms with Crippen LogP contribution in [0.3, 0.4) is 0 Å². The molecule has 2 aromatic rings. The van der Waals surface area contributed by atoms with E-state index in [9.17, 15) is 0 Å². The molecule has 0 saturated heterocycles. The Labute approximate surface area is 204 Å². The van der Waals surface area contributed by atoms with Gasteiger partial charge in [-0.25, -0.2) is 0 Å². The Balaban J connectivity index is 2.41. The van der Waals surface area contributed by atoms with E-state index in [1.807, 2.05) is 12.2 Å². The van der Waals surface area contributed by atoms with Gasteiger partial charge < -0.3 is 0 Å². The average Bonchev–Trinajstić information content (AvgIpc) is 2.77. The zero-order chi connectivity index (χ0) is 24.3. The average molecular weight is 443 g/mol. The highest BCUT2D eigenvalue weighted by molar-refractivity contribution is 5.90. The number of rotatable bonds is 13. The zero-order valence-electron chi connectivity index (χ0n) is 21.9. The molecule has 2 rings (SSSR count). The van der Waals surface area contributed by atoms with E-state index in [1.165, 1.54) is 58.7 Å². The molecule has 0 heterocycles. The maximum Gasteiger partial charge on any atom is -0.0132 e. The summed E-state index contributed by atoms with van der Waals surface area (Å²) in [4.78, 5) is 0. The SMILES string of the molecule is C=C/C=C/CCCCc1cc(C(C)(C)C)cc2c(CCCC/C=C/C=C)cc(C(C)C)cc12. The Hall–Kier alpha value is -2.34. The van der Waals surface area contributed by atoms with Gasteiger partial charge in [-0.2, -0.15) is 0 Å². The van der Waals surface area contributed by atoms with Gasteiger partial charge in [0, 0.05) is 0 Å². The number of allylic oxidation sites excluding steroid dienone is 6. The molecule has 0 bridgehead atoms. The van der Waals surface area contributed by atoms with Crippen molar-refractivity contribution in [3.63, 3.8) is 0 Å². The number of benzene rings is 2. The first kappa shape index (κ1) is 26.9. The second-order valence-electron chi connectivity index (χ2n) is 10.6. The Kier molecular flexibility index (Phi) is 10.9. The van der Waals surface area contributed by atoms with Crippen LogP contribution in [0.1, 0.15) is 101 Å². The lowest BCUT2D eigenvalue weighted by molar-refractivity contribution is 0.589. The molecule has 178 valence electrons. The summed E-state index contributed by atoms with van der Waals surface area (Å²) in [5.74, 6) is 0.544. The first-order valence-corrected chi connectivity index (χ1v) is 12.9. The molecule has 0 aliphatic rings. The van der Waals surface area contributed by atoms with Crippen molar-refractivity contribution in [1.29, 1.82) is 0 Å². The number of unbranched alkanes of at least 4 members (excludes halogenated alkanes) is 4. The molecule has 0 radical (unpaired) electrons. The minimum absolute atomic E-state index is 0.152. The molecule has 0 saturated carbocycles. The molecule has 0 aliphatic carbocycles. The van der Waals surface area contributed by atoms with Crippen molar-refractivity contribution < 1.29 is 0 Å². The van der Waals surface area contributed by atoms with Gasteiger partial charge in [-0.05, 0) is 95.7 Å². The third-order valence-electron chi connectivity index (χ3n) is 6.47. The molecule has 0 spiro atoms. The Morgan fingerprint density at radius 3 is 1.73 bits per heavy atom. The van der Waals surface area contributed by atoms with Gasteiger partial charge in [0.05, 0.1) is 0 Å². The van der Waals surface area contributed by atoms with Crippen LogP contribution >= 0.6 is 0 Å². The van der Waals surface area contributed by atoms with Crippen LogP contribution in [0.2, 0.25) is 0 Å². The maximum absolute atomic E-state index is 3.77. The van der Waals surface area contributed by atoms with Gasteiger partial charge in [0.15, 0.2) is 0 Å². The number of hydrogen-bond donors (Lipinski definition) is 0. The molecule has 0 N–H and O–H groups in total. The Bertz CT molecular complexity index is 960. The van der Waals surface area contributed by atoms with E-state index in [0.29, 0.717) is 5.92 Å². The zero-order valence-corrected chi connectivity index (χ0v) is 21.9. The minimum atomic E-state index is 0.152. The molecule has 0 fully saturated rings. The molecule has 0 aliphatic heterocycles. The number of fused-ring (bicyclic) bond motifs is 1. The third kappa shape index (κ3) is 8.50. The largest absolute Gasteiger partial charge is 0.0991 e. The van der Waals surface area contributed by atoms with E-state index in [-0.39, 0.29) is 5.41 Å². The minimum Gasteiger partial charge on any atom is -0.0991 e. The van der Waals surface area contributed by atoms with Gasteiger partial charge in [0.25, 0.3) is 0 Å². The highest BCUT2D eigenvalue weighted by atomic mass is 14.2. The molecule has 0 heteroatoms. The van der Waals surface area contributed by atoms with Crippen molar-refractivity contribution >= 4 is 10.8 Å². The van der Waals surface area contributed by atoms with Crippen molar-refractivity contribution in [2.45, 2.75) is 97.3 Å². The van der Waals surface area contributed by atoms with Crippen LogP contribution in [0.4, 0.5) is 0 Å². The van der Waals surface area contributed by atoms with Crippen LogP contribution in [-0.4, -0.2) is 0 Å². The summed E-state index contributed by atoms with van der Waals surface area (Å²) in [6.45, 7) is 19.2. The summed E-state index contributed by atoms with van der Waals surface area (Å²) in [5.41, 5.74) is 6.15. The topological polar surface area (TPSA) is 0 Å². The fourth-order valence-electron chi connectivity index (χ4n) is 4.36. The van der Waals surface area contributed by atoms with Crippen LogP contribution in [0.5, 0.6) is 0 Å². The summed E-state index contributed by atoms with van der Waals surface area (Å²) in [6.07, 6.45) is 21.8. The van der Waals surface area contributed by atoms with Gasteiger partial charge >= 0.3 is 0 Å². The van der Waals surface area contributed by atoms with Crippen molar-refractivity contribution in [3.05, 3.63) is 96.1 Å². The van der Waals surface area contributed by atoms with Crippen molar-refractivity contribution in [1.82, 2.24) is 0 Å². The van der Waals surface area contributed by atoms with Crippen LogP contribution in [0.25, 0.3) is 10.8 Å². The van der Waals surface area contributed by atoms with E-state index < -0.39 is 0 Å². The molecule has 2 aromatic carbocycles. The predicted octanol–water partition coefficient (Wildman–Crippen LogP) is 10.2. The van der Waals surface area contributed by atoms with Crippen LogP contribution in [0.15, 0.2) is 73.9 Å². The van der Waals surface area contributed by atoms with Crippen molar-refractivity contribution in [2.75, 3.05) is 0 Å². The molecule has 33 heavy (non-hydrogen) atoms. The van der Waals surface area contributed by atoms with E-state index in [1.54, 1.807) is 0 Å². The lowest BCUT2D eigenvalue weighted by Crippen LogP contribution is -2.12. The van der Waals surface area contributed by atoms with E-state index in [4.69, 9.17) is 0 Å². The van der Waals surface area contributed by atoms with E-state index in [2.05, 4.69) is 96.3 Å². The van der Waals surface area contributed by atoms with Crippen LogP contribution in [-0.2, 0) is 18.3 Å². The summed E-state index contributed by atoms with van der Waals surface area (Å²) < 4.78 is 0. The lowest BCUT2D eigenvalue weighted by Gasteiger charge is -2.23. The summed E-state index contributed by atoms with van der Waals surface area (Å²) >= 11 is 0. The predicted molar refractivity (Wildman–Crippen MR) is 151 cm³/mol. The molecule has 0 amide bonds. The van der Waals surface area contributed by atoms with E-state index in [0.717, 1.165) is 25.7 Å². The lowest BCUT2D eigenvalue weighted by atomic mass is 9.81. The standard InChI is InChI=1S/C33H46/c1-8-10-12-14-16-18-20-27-22-29(26(3)4)24-31-28(21-19-17-15-13-11-9-2)23-30(25-32(27)31)33(5,6)7/h8-13,22-26H,1-2,14-21H2,3-7H3/b12-10+,13-11+. The Morgan fingerprint density at radius 2 is 1.24 bits per heavy atom. The van der Waals surface area contributed by atoms with Crippen LogP contribution in [0, 0.1) is 0 Å². The summed E-state index contributed by atoms with van der Waals surface area (Å²) in [7, 11) is 0. The third-order valence-corrected chi connectivity index (χ3v) is 6.47. The van der Waals surface area contributed by atoms with Gasteiger partial charge in [-0.15, -0.1) is 0 Å². The molecule has 0 nitrogen and oxygen atoms in total. The second kappa shape index (κ2) is 13.4. The van der Waals surface area contributed by atoms with Gasteiger partial charge in [0.2, 0.25) is 0 Å². The van der Waals surface area contributed by atoms with Gasteiger partial charge in [0.1, 0.15) is 0 Å². The first-order chi connectivity index (χ1) is 15.8. The fourth-order valence-corrected chi connectivity index (χ4v) is 4.36.